The largest absolute Gasteiger partial charge is 0.477 e. The molecule has 168 valence electrons. The summed E-state index contributed by atoms with van der Waals surface area (Å²) in [5, 5.41) is 12.0. The molecule has 6 heteroatoms. The van der Waals surface area contributed by atoms with Crippen molar-refractivity contribution in [2.45, 2.75) is 32.3 Å². The van der Waals surface area contributed by atoms with E-state index >= 15 is 0 Å². The third-order valence-corrected chi connectivity index (χ3v) is 5.16. The lowest BCUT2D eigenvalue weighted by Gasteiger charge is -2.20. The number of carbonyl (C=O) groups is 2. The minimum atomic E-state index is -0.775. The summed E-state index contributed by atoms with van der Waals surface area (Å²) in [6.45, 7) is 2.03. The van der Waals surface area contributed by atoms with Crippen LogP contribution in [0.25, 0.3) is 11.1 Å². The molecule has 0 bridgehead atoms. The highest BCUT2D eigenvalue weighted by molar-refractivity contribution is 6.05. The second kappa shape index (κ2) is 11.5. The van der Waals surface area contributed by atoms with Crippen LogP contribution in [0.5, 0.6) is 5.75 Å². The molecule has 0 aromatic heterocycles. The molecule has 0 saturated carbocycles. The van der Waals surface area contributed by atoms with E-state index in [1.807, 2.05) is 31.2 Å². The number of methoxy groups -OCH3 is 1. The van der Waals surface area contributed by atoms with Gasteiger partial charge in [0.1, 0.15) is 5.75 Å². The summed E-state index contributed by atoms with van der Waals surface area (Å²) < 4.78 is 10.9. The Balaban J connectivity index is 1.97. The van der Waals surface area contributed by atoms with Gasteiger partial charge in [0.25, 0.3) is 5.91 Å². The number of nitrogens with one attached hydrogen (secondary N) is 1. The molecule has 0 radical (unpaired) electrons. The van der Waals surface area contributed by atoms with Crippen molar-refractivity contribution in [2.75, 3.05) is 12.4 Å². The van der Waals surface area contributed by atoms with E-state index in [2.05, 4.69) is 11.4 Å². The van der Waals surface area contributed by atoms with Gasteiger partial charge in [-0.25, -0.2) is 4.79 Å². The number of unbranched alkanes of at least 4 members (excludes halogenated alkanes) is 1. The molecule has 0 saturated heterocycles. The van der Waals surface area contributed by atoms with Gasteiger partial charge in [0.2, 0.25) is 0 Å². The lowest BCUT2D eigenvalue weighted by molar-refractivity contribution is -0.149. The molecule has 1 amide bonds. The Labute approximate surface area is 193 Å². The Morgan fingerprint density at radius 1 is 1.00 bits per heavy atom. The van der Waals surface area contributed by atoms with E-state index in [0.29, 0.717) is 29.0 Å². The average molecular weight is 443 g/mol. The predicted molar refractivity (Wildman–Crippen MR) is 127 cm³/mol. The highest BCUT2D eigenvalue weighted by Crippen LogP contribution is 2.33. The molecule has 0 aliphatic rings. The van der Waals surface area contributed by atoms with Crippen LogP contribution >= 0.6 is 0 Å². The van der Waals surface area contributed by atoms with E-state index in [4.69, 9.17) is 14.7 Å². The number of nitriles is 1. The number of rotatable bonds is 9. The number of esters is 1. The van der Waals surface area contributed by atoms with Gasteiger partial charge in [0.05, 0.1) is 24.4 Å². The maximum atomic E-state index is 12.9. The van der Waals surface area contributed by atoms with Crippen molar-refractivity contribution in [1.82, 2.24) is 0 Å². The molecule has 0 heterocycles. The number of hydrogen-bond acceptors (Lipinski definition) is 5. The molecule has 3 rings (SSSR count). The van der Waals surface area contributed by atoms with Crippen molar-refractivity contribution < 1.29 is 19.1 Å². The third-order valence-electron chi connectivity index (χ3n) is 5.16. The van der Waals surface area contributed by atoms with Gasteiger partial charge in [-0.3, -0.25) is 4.79 Å². The Bertz CT molecular complexity index is 1140. The van der Waals surface area contributed by atoms with Crippen molar-refractivity contribution in [3.05, 3.63) is 83.9 Å². The Morgan fingerprint density at radius 3 is 2.33 bits per heavy atom. The van der Waals surface area contributed by atoms with Crippen LogP contribution in [-0.4, -0.2) is 25.1 Å². The third kappa shape index (κ3) is 6.20. The van der Waals surface area contributed by atoms with E-state index in [0.717, 1.165) is 24.0 Å². The second-order valence-corrected chi connectivity index (χ2v) is 7.49. The average Bonchev–Trinajstić information content (AvgIpc) is 2.87. The highest BCUT2D eigenvalue weighted by atomic mass is 16.6. The van der Waals surface area contributed by atoms with Gasteiger partial charge < -0.3 is 14.8 Å². The first-order chi connectivity index (χ1) is 16.0. The fourth-order valence-electron chi connectivity index (χ4n) is 3.33. The molecule has 1 atom stereocenters. The fourth-order valence-corrected chi connectivity index (χ4v) is 3.33. The van der Waals surface area contributed by atoms with Crippen molar-refractivity contribution in [1.29, 1.82) is 5.26 Å². The van der Waals surface area contributed by atoms with E-state index in [-0.39, 0.29) is 5.91 Å². The topological polar surface area (TPSA) is 88.4 Å². The summed E-state index contributed by atoms with van der Waals surface area (Å²) in [5.41, 5.74) is 3.22. The summed E-state index contributed by atoms with van der Waals surface area (Å²) in [5.74, 6) is -0.372. The van der Waals surface area contributed by atoms with Crippen LogP contribution in [0.3, 0.4) is 0 Å². The van der Waals surface area contributed by atoms with Gasteiger partial charge in [-0.05, 0) is 60.4 Å². The van der Waals surface area contributed by atoms with Crippen LogP contribution in [-0.2, 0) is 9.53 Å². The fraction of sp³-hybridized carbons (Fsp3) is 0.222. The first-order valence-corrected chi connectivity index (χ1v) is 10.8. The number of ether oxygens (including phenoxy) is 2. The zero-order valence-electron chi connectivity index (χ0n) is 18.7. The van der Waals surface area contributed by atoms with Crippen LogP contribution in [0.2, 0.25) is 0 Å². The van der Waals surface area contributed by atoms with Crippen molar-refractivity contribution in [2.24, 2.45) is 0 Å². The lowest BCUT2D eigenvalue weighted by atomic mass is 10.0. The number of hydrogen-bond donors (Lipinski definition) is 1. The van der Waals surface area contributed by atoms with E-state index in [9.17, 15) is 9.59 Å². The summed E-state index contributed by atoms with van der Waals surface area (Å²) >= 11 is 0. The molecule has 0 spiro atoms. The van der Waals surface area contributed by atoms with Gasteiger partial charge in [-0.2, -0.15) is 5.26 Å². The first kappa shape index (κ1) is 23.6. The minimum absolute atomic E-state index is 0.291. The summed E-state index contributed by atoms with van der Waals surface area (Å²) in [7, 11) is 1.33. The molecule has 3 aromatic carbocycles. The van der Waals surface area contributed by atoms with Crippen molar-refractivity contribution in [3.63, 3.8) is 0 Å². The normalized spacial score (nSPS) is 11.2. The monoisotopic (exact) mass is 442 g/mol. The molecular formula is C27H26N2O4. The standard InChI is InChI=1S/C27H26N2O4/c1-3-4-10-25(27(31)32-2)33-24-16-15-22(20-13-11-19(18-28)12-14-20)17-23(24)29-26(30)21-8-6-5-7-9-21/h5-9,11-17,25H,3-4,10H2,1-2H3,(H,29,30). The number of benzene rings is 3. The minimum Gasteiger partial charge on any atom is -0.477 e. The van der Waals surface area contributed by atoms with Gasteiger partial charge in [-0.1, -0.05) is 49.7 Å². The zero-order valence-corrected chi connectivity index (χ0v) is 18.7. The predicted octanol–water partition coefficient (Wildman–Crippen LogP) is 5.59. The SMILES string of the molecule is CCCCC(Oc1ccc(-c2ccc(C#N)cc2)cc1NC(=O)c1ccccc1)C(=O)OC. The second-order valence-electron chi connectivity index (χ2n) is 7.49. The Morgan fingerprint density at radius 2 is 1.70 bits per heavy atom. The van der Waals surface area contributed by atoms with E-state index in [1.165, 1.54) is 7.11 Å². The number of carbonyl (C=O) groups excluding carboxylic acids is 2. The lowest BCUT2D eigenvalue weighted by Crippen LogP contribution is -2.29. The van der Waals surface area contributed by atoms with E-state index in [1.54, 1.807) is 48.5 Å². The first-order valence-electron chi connectivity index (χ1n) is 10.8. The van der Waals surface area contributed by atoms with Gasteiger partial charge in [-0.15, -0.1) is 0 Å². The molecular weight excluding hydrogens is 416 g/mol. The molecule has 0 fully saturated rings. The maximum Gasteiger partial charge on any atom is 0.347 e. The molecule has 1 N–H and O–H groups in total. The molecule has 0 aliphatic carbocycles. The molecule has 33 heavy (non-hydrogen) atoms. The molecule has 6 nitrogen and oxygen atoms in total. The number of nitrogens with zero attached hydrogens (tertiary/aromatic N) is 1. The Hall–Kier alpha value is -4.11. The number of anilines is 1. The van der Waals surface area contributed by atoms with Crippen LogP contribution < -0.4 is 10.1 Å². The van der Waals surface area contributed by atoms with Crippen molar-refractivity contribution in [3.8, 4) is 22.9 Å². The summed E-state index contributed by atoms with van der Waals surface area (Å²) in [4.78, 5) is 25.1. The smallest absolute Gasteiger partial charge is 0.347 e. The quantitative estimate of drug-likeness (QED) is 0.437. The van der Waals surface area contributed by atoms with Crippen LogP contribution in [0.4, 0.5) is 5.69 Å². The zero-order chi connectivity index (χ0) is 23.6. The molecule has 3 aromatic rings. The van der Waals surface area contributed by atoms with Crippen LogP contribution in [0.15, 0.2) is 72.8 Å². The van der Waals surface area contributed by atoms with Crippen molar-refractivity contribution >= 4 is 17.6 Å². The van der Waals surface area contributed by atoms with Crippen LogP contribution in [0.1, 0.15) is 42.1 Å². The molecule has 0 aliphatic heterocycles. The summed E-state index contributed by atoms with van der Waals surface area (Å²) in [6.07, 6.45) is 1.44. The molecule has 1 unspecified atom stereocenters. The van der Waals surface area contributed by atoms with Gasteiger partial charge >= 0.3 is 5.97 Å². The summed E-state index contributed by atoms with van der Waals surface area (Å²) in [6, 6.07) is 23.5. The maximum absolute atomic E-state index is 12.9. The highest BCUT2D eigenvalue weighted by Gasteiger charge is 2.23. The number of amides is 1. The van der Waals surface area contributed by atoms with Gasteiger partial charge in [0, 0.05) is 5.56 Å². The van der Waals surface area contributed by atoms with Crippen LogP contribution in [0, 0.1) is 11.3 Å². The Kier molecular flexibility index (Phi) is 8.20. The van der Waals surface area contributed by atoms with Gasteiger partial charge in [0.15, 0.2) is 6.10 Å². The van der Waals surface area contributed by atoms with E-state index < -0.39 is 12.1 Å².